The Morgan fingerprint density at radius 2 is 1.42 bits per heavy atom. The summed E-state index contributed by atoms with van der Waals surface area (Å²) in [5, 5.41) is 2.59. The van der Waals surface area contributed by atoms with E-state index in [1.165, 1.54) is 10.4 Å². The first kappa shape index (κ1) is 20.6. The molecule has 0 unspecified atom stereocenters. The second-order valence-electron chi connectivity index (χ2n) is 7.75. The van der Waals surface area contributed by atoms with Crippen LogP contribution in [0.25, 0.3) is 0 Å². The van der Waals surface area contributed by atoms with Crippen LogP contribution in [0, 0.1) is 0 Å². The lowest BCUT2D eigenvalue weighted by Crippen LogP contribution is -2.68. The molecule has 2 nitrogen and oxygen atoms in total. The van der Waals surface area contributed by atoms with Gasteiger partial charge in [0.25, 0.3) is 8.32 Å². The van der Waals surface area contributed by atoms with E-state index in [2.05, 4.69) is 101 Å². The predicted octanol–water partition coefficient (Wildman–Crippen LogP) is 4.25. The highest BCUT2D eigenvalue weighted by molar-refractivity contribution is 6.99. The minimum absolute atomic E-state index is 0.0163. The molecule has 3 heteroatoms. The van der Waals surface area contributed by atoms with Crippen molar-refractivity contribution in [1.82, 2.24) is 0 Å². The molecule has 0 aliphatic carbocycles. The Morgan fingerprint density at radius 3 is 1.81 bits per heavy atom. The van der Waals surface area contributed by atoms with Gasteiger partial charge in [-0.05, 0) is 28.3 Å². The zero-order chi connectivity index (χ0) is 19.0. The van der Waals surface area contributed by atoms with Gasteiger partial charge in [0.1, 0.15) is 0 Å². The Balaban J connectivity index is 2.58. The van der Waals surface area contributed by atoms with E-state index < -0.39 is 8.32 Å². The monoisotopic (exact) mass is 367 g/mol. The molecule has 2 aromatic rings. The molecule has 0 radical (unpaired) electrons. The summed E-state index contributed by atoms with van der Waals surface area (Å²) in [6.45, 7) is 9.58. The van der Waals surface area contributed by atoms with Gasteiger partial charge >= 0.3 is 0 Å². The van der Waals surface area contributed by atoms with E-state index in [1.807, 2.05) is 0 Å². The van der Waals surface area contributed by atoms with Gasteiger partial charge in [0, 0.05) is 6.54 Å². The van der Waals surface area contributed by atoms with Gasteiger partial charge in [0.15, 0.2) is 0 Å². The van der Waals surface area contributed by atoms with Crippen molar-refractivity contribution >= 4 is 18.7 Å². The average Bonchev–Trinajstić information content (AvgIpc) is 2.65. The maximum atomic E-state index is 7.03. The molecule has 0 aromatic heterocycles. The summed E-state index contributed by atoms with van der Waals surface area (Å²) in [4.78, 5) is 0. The van der Waals surface area contributed by atoms with Crippen LogP contribution in [0.5, 0.6) is 0 Å². The normalized spacial score (nSPS) is 13.9. The third kappa shape index (κ3) is 4.53. The van der Waals surface area contributed by atoms with E-state index in [-0.39, 0.29) is 11.1 Å². The Kier molecular flexibility index (Phi) is 7.39. The van der Waals surface area contributed by atoms with Crippen LogP contribution in [-0.2, 0) is 4.43 Å². The third-order valence-electron chi connectivity index (χ3n) is 4.82. The molecule has 0 aliphatic rings. The third-order valence-corrected chi connectivity index (χ3v) is 9.92. The summed E-state index contributed by atoms with van der Waals surface area (Å²) in [6, 6.07) is 21.5. The Hall–Kier alpha value is -1.68. The fourth-order valence-corrected chi connectivity index (χ4v) is 8.26. The SMILES string of the molecule is CC/C=C/C[C@H](CN)O[Si](c1ccccc1)(c1ccccc1)C(C)(C)C. The molecule has 26 heavy (non-hydrogen) atoms. The number of hydrogen-bond acceptors (Lipinski definition) is 2. The summed E-state index contributed by atoms with van der Waals surface area (Å²) in [7, 11) is -2.51. The van der Waals surface area contributed by atoms with Gasteiger partial charge in [-0.25, -0.2) is 0 Å². The van der Waals surface area contributed by atoms with E-state index in [1.54, 1.807) is 0 Å². The highest BCUT2D eigenvalue weighted by Crippen LogP contribution is 2.37. The van der Waals surface area contributed by atoms with Crippen LogP contribution < -0.4 is 16.1 Å². The summed E-state index contributed by atoms with van der Waals surface area (Å²) in [6.07, 6.45) is 6.31. The molecule has 0 saturated carbocycles. The maximum absolute atomic E-state index is 7.03. The van der Waals surface area contributed by atoms with Crippen molar-refractivity contribution in [2.45, 2.75) is 51.7 Å². The van der Waals surface area contributed by atoms with E-state index in [9.17, 15) is 0 Å². The van der Waals surface area contributed by atoms with E-state index >= 15 is 0 Å². The lowest BCUT2D eigenvalue weighted by Gasteiger charge is -2.45. The van der Waals surface area contributed by atoms with Crippen LogP contribution in [0.2, 0.25) is 5.04 Å². The Morgan fingerprint density at radius 1 is 0.923 bits per heavy atom. The number of hydrogen-bond donors (Lipinski definition) is 1. The first-order chi connectivity index (χ1) is 12.5. The van der Waals surface area contributed by atoms with Gasteiger partial charge in [0.2, 0.25) is 0 Å². The minimum atomic E-state index is -2.51. The minimum Gasteiger partial charge on any atom is -0.403 e. The summed E-state index contributed by atoms with van der Waals surface area (Å²) < 4.78 is 7.03. The van der Waals surface area contributed by atoms with Crippen molar-refractivity contribution in [3.8, 4) is 0 Å². The number of benzene rings is 2. The maximum Gasteiger partial charge on any atom is 0.261 e. The van der Waals surface area contributed by atoms with Gasteiger partial charge in [-0.1, -0.05) is 101 Å². The molecule has 2 rings (SSSR count). The molecule has 0 spiro atoms. The van der Waals surface area contributed by atoms with Crippen LogP contribution >= 0.6 is 0 Å². The molecule has 0 aliphatic heterocycles. The fraction of sp³-hybridized carbons (Fsp3) is 0.391. The summed E-state index contributed by atoms with van der Waals surface area (Å²) in [5.74, 6) is 0. The predicted molar refractivity (Wildman–Crippen MR) is 116 cm³/mol. The molecule has 0 bridgehead atoms. The lowest BCUT2D eigenvalue weighted by molar-refractivity contribution is 0.198. The van der Waals surface area contributed by atoms with E-state index in [4.69, 9.17) is 10.2 Å². The lowest BCUT2D eigenvalue weighted by atomic mass is 10.2. The molecule has 140 valence electrons. The van der Waals surface area contributed by atoms with Gasteiger partial charge in [-0.3, -0.25) is 0 Å². The summed E-state index contributed by atoms with van der Waals surface area (Å²) in [5.41, 5.74) is 6.12. The highest BCUT2D eigenvalue weighted by Gasteiger charge is 2.51. The number of nitrogens with two attached hydrogens (primary N) is 1. The average molecular weight is 368 g/mol. The van der Waals surface area contributed by atoms with Crippen LogP contribution in [0.15, 0.2) is 72.8 Å². The first-order valence-electron chi connectivity index (χ1n) is 9.59. The molecule has 1 atom stereocenters. The second-order valence-corrected chi connectivity index (χ2v) is 12.0. The van der Waals surface area contributed by atoms with E-state index in [0.29, 0.717) is 6.54 Å². The zero-order valence-corrected chi connectivity index (χ0v) is 17.6. The topological polar surface area (TPSA) is 35.2 Å². The quantitative estimate of drug-likeness (QED) is 0.559. The molecular weight excluding hydrogens is 334 g/mol. The number of allylic oxidation sites excluding steroid dienone is 1. The van der Waals surface area contributed by atoms with Gasteiger partial charge in [-0.2, -0.15) is 0 Å². The number of rotatable bonds is 8. The molecule has 0 heterocycles. The van der Waals surface area contributed by atoms with Gasteiger partial charge in [0.05, 0.1) is 6.10 Å². The van der Waals surface area contributed by atoms with Crippen LogP contribution in [0.3, 0.4) is 0 Å². The molecule has 2 aromatic carbocycles. The highest BCUT2D eigenvalue weighted by atomic mass is 28.4. The van der Waals surface area contributed by atoms with Crippen LogP contribution in [-0.4, -0.2) is 21.0 Å². The van der Waals surface area contributed by atoms with Crippen molar-refractivity contribution < 1.29 is 4.43 Å². The standard InChI is InChI=1S/C23H33NOSi/c1-5-6-9-14-20(19-24)25-26(23(2,3)4,21-15-10-7-11-16-21)22-17-12-8-13-18-22/h6-13,15-18,20H,5,14,19,24H2,1-4H3/b9-6+/t20-/m1/s1. The molecule has 0 amide bonds. The smallest absolute Gasteiger partial charge is 0.261 e. The van der Waals surface area contributed by atoms with Crippen LogP contribution in [0.4, 0.5) is 0 Å². The fourth-order valence-electron chi connectivity index (χ4n) is 3.55. The van der Waals surface area contributed by atoms with Crippen molar-refractivity contribution in [1.29, 1.82) is 0 Å². The van der Waals surface area contributed by atoms with Gasteiger partial charge < -0.3 is 10.2 Å². The van der Waals surface area contributed by atoms with Crippen molar-refractivity contribution in [2.75, 3.05) is 6.54 Å². The molecular formula is C23H33NOSi. The Bertz CT molecular complexity index is 637. The summed E-state index contributed by atoms with van der Waals surface area (Å²) >= 11 is 0. The Labute approximate surface area is 160 Å². The van der Waals surface area contributed by atoms with Crippen molar-refractivity contribution in [2.24, 2.45) is 5.73 Å². The van der Waals surface area contributed by atoms with Crippen LogP contribution in [0.1, 0.15) is 40.5 Å². The zero-order valence-electron chi connectivity index (χ0n) is 16.6. The van der Waals surface area contributed by atoms with Crippen molar-refractivity contribution in [3.63, 3.8) is 0 Å². The molecule has 0 saturated heterocycles. The first-order valence-corrected chi connectivity index (χ1v) is 11.5. The van der Waals surface area contributed by atoms with Gasteiger partial charge in [-0.15, -0.1) is 0 Å². The van der Waals surface area contributed by atoms with Crippen molar-refractivity contribution in [3.05, 3.63) is 72.8 Å². The van der Waals surface area contributed by atoms with E-state index in [0.717, 1.165) is 12.8 Å². The molecule has 0 fully saturated rings. The largest absolute Gasteiger partial charge is 0.403 e. The second kappa shape index (κ2) is 9.31. The molecule has 2 N–H and O–H groups in total.